The number of carbonyl (C=O) groups excluding carboxylic acids is 2. The topological polar surface area (TPSA) is 87.1 Å². The molecule has 1 fully saturated rings. The highest BCUT2D eigenvalue weighted by Crippen LogP contribution is 2.41. The Kier molecular flexibility index (Phi) is 6.05. The molecule has 0 aliphatic carbocycles. The number of fused-ring (bicyclic) bond motifs is 1. The molecule has 0 atom stereocenters. The van der Waals surface area contributed by atoms with E-state index in [0.29, 0.717) is 11.3 Å². The van der Waals surface area contributed by atoms with Crippen molar-refractivity contribution in [2.45, 2.75) is 38.6 Å². The predicted molar refractivity (Wildman–Crippen MR) is 107 cm³/mol. The highest BCUT2D eigenvalue weighted by atomic mass is 32.1. The first-order chi connectivity index (χ1) is 12.8. The molecule has 0 unspecified atom stereocenters. The lowest BCUT2D eigenvalue weighted by Crippen LogP contribution is -2.53. The normalized spacial score (nSPS) is 18.3. The zero-order chi connectivity index (χ0) is 19.6. The van der Waals surface area contributed by atoms with Gasteiger partial charge in [0.05, 0.1) is 6.42 Å². The Bertz CT molecular complexity index is 823. The number of ketones is 2. The standard InChI is InChI=1S/C12H16BNO3S.C6H6O2S/c1-13(16)14-5-3-12(4-6-14)8-9(15)11-10(17-12)2-7-18-11;1-4(7)6-5(8)2-3-9-6/h2,7,16H,3-6,8H2,1H3;2-3,8H,1H3. The maximum atomic E-state index is 12.1. The maximum absolute atomic E-state index is 12.1. The van der Waals surface area contributed by atoms with Gasteiger partial charge in [0, 0.05) is 6.92 Å². The van der Waals surface area contributed by atoms with Gasteiger partial charge in [-0.05, 0) is 55.6 Å². The summed E-state index contributed by atoms with van der Waals surface area (Å²) in [4.78, 5) is 25.9. The van der Waals surface area contributed by atoms with Crippen molar-refractivity contribution < 1.29 is 24.5 Å². The molecule has 9 heteroatoms. The highest BCUT2D eigenvalue weighted by Gasteiger charge is 2.44. The third-order valence-electron chi connectivity index (χ3n) is 4.89. The zero-order valence-electron chi connectivity index (χ0n) is 15.3. The minimum atomic E-state index is -0.418. The van der Waals surface area contributed by atoms with Crippen molar-refractivity contribution in [2.75, 3.05) is 13.1 Å². The van der Waals surface area contributed by atoms with Gasteiger partial charge in [-0.15, -0.1) is 22.7 Å². The summed E-state index contributed by atoms with van der Waals surface area (Å²) < 4.78 is 6.08. The van der Waals surface area contributed by atoms with Gasteiger partial charge in [0.15, 0.2) is 11.6 Å². The van der Waals surface area contributed by atoms with Gasteiger partial charge in [-0.2, -0.15) is 0 Å². The lowest BCUT2D eigenvalue weighted by molar-refractivity contribution is 0.00406. The Morgan fingerprint density at radius 3 is 2.44 bits per heavy atom. The average Bonchev–Trinajstić information content (AvgIpc) is 3.24. The summed E-state index contributed by atoms with van der Waals surface area (Å²) in [5, 5.41) is 22.1. The van der Waals surface area contributed by atoms with Crippen molar-refractivity contribution in [1.29, 1.82) is 0 Å². The minimum Gasteiger partial charge on any atom is -0.506 e. The molecule has 2 aliphatic rings. The first-order valence-corrected chi connectivity index (χ1v) is 10.6. The van der Waals surface area contributed by atoms with E-state index in [1.165, 1.54) is 35.7 Å². The lowest BCUT2D eigenvalue weighted by atomic mass is 9.77. The number of hydrogen-bond acceptors (Lipinski definition) is 8. The number of nitrogens with zero attached hydrogens (tertiary/aromatic N) is 1. The van der Waals surface area contributed by atoms with Crippen LogP contribution in [0.5, 0.6) is 11.5 Å². The molecule has 4 rings (SSSR count). The van der Waals surface area contributed by atoms with Gasteiger partial charge in [0.25, 0.3) is 0 Å². The molecular formula is C18H22BNO5S2. The molecule has 144 valence electrons. The van der Waals surface area contributed by atoms with Crippen molar-refractivity contribution in [3.63, 3.8) is 0 Å². The molecule has 2 aromatic rings. The summed E-state index contributed by atoms with van der Waals surface area (Å²) in [6, 6.07) is 3.40. The Morgan fingerprint density at radius 1 is 1.26 bits per heavy atom. The van der Waals surface area contributed by atoms with Gasteiger partial charge in [0.2, 0.25) is 0 Å². The van der Waals surface area contributed by atoms with Crippen LogP contribution in [0.2, 0.25) is 6.82 Å². The summed E-state index contributed by atoms with van der Waals surface area (Å²) in [6.45, 7) is 4.78. The fourth-order valence-electron chi connectivity index (χ4n) is 3.37. The fraction of sp³-hybridized carbons (Fsp3) is 0.444. The van der Waals surface area contributed by atoms with E-state index >= 15 is 0 Å². The molecule has 1 spiro atoms. The van der Waals surface area contributed by atoms with Crippen molar-refractivity contribution in [1.82, 2.24) is 4.81 Å². The van der Waals surface area contributed by atoms with Crippen LogP contribution in [0.4, 0.5) is 0 Å². The van der Waals surface area contributed by atoms with Crippen molar-refractivity contribution in [2.24, 2.45) is 0 Å². The van der Waals surface area contributed by atoms with E-state index in [4.69, 9.17) is 9.84 Å². The quantitative estimate of drug-likeness (QED) is 0.587. The van der Waals surface area contributed by atoms with Crippen LogP contribution in [0.3, 0.4) is 0 Å². The van der Waals surface area contributed by atoms with E-state index in [1.54, 1.807) is 12.2 Å². The molecule has 4 heterocycles. The van der Waals surface area contributed by atoms with Gasteiger partial charge < -0.3 is 19.7 Å². The second kappa shape index (κ2) is 8.14. The van der Waals surface area contributed by atoms with E-state index in [0.717, 1.165) is 36.6 Å². The molecular weight excluding hydrogens is 385 g/mol. The minimum absolute atomic E-state index is 0.0810. The van der Waals surface area contributed by atoms with Crippen LogP contribution in [0.15, 0.2) is 22.9 Å². The first kappa shape index (κ1) is 20.1. The summed E-state index contributed by atoms with van der Waals surface area (Å²) in [5.41, 5.74) is -0.337. The molecule has 0 aromatic carbocycles. The Balaban J connectivity index is 0.000000197. The largest absolute Gasteiger partial charge is 0.506 e. The molecule has 0 saturated carbocycles. The van der Waals surface area contributed by atoms with Crippen LogP contribution in [0.1, 0.15) is 45.5 Å². The second-order valence-electron chi connectivity index (χ2n) is 6.86. The second-order valence-corrected chi connectivity index (χ2v) is 8.69. The third-order valence-corrected chi connectivity index (χ3v) is 6.83. The molecule has 1 saturated heterocycles. The molecule has 2 N–H and O–H groups in total. The number of hydrogen-bond donors (Lipinski definition) is 2. The average molecular weight is 407 g/mol. The molecule has 0 bridgehead atoms. The third kappa shape index (κ3) is 4.43. The number of Topliss-reactive ketones (excluding diaryl/α,β-unsaturated/α-hetero) is 2. The summed E-state index contributed by atoms with van der Waals surface area (Å²) in [6.07, 6.45) is 2.09. The number of ether oxygens (including phenoxy) is 1. The van der Waals surface area contributed by atoms with Crippen LogP contribution in [-0.2, 0) is 0 Å². The number of piperidine rings is 1. The Hall–Kier alpha value is -1.68. The zero-order valence-corrected chi connectivity index (χ0v) is 16.9. The fourth-order valence-corrected chi connectivity index (χ4v) is 4.82. The number of thiophene rings is 2. The Labute approximate surface area is 166 Å². The number of carbonyl (C=O) groups is 2. The van der Waals surface area contributed by atoms with Gasteiger partial charge in [-0.3, -0.25) is 9.59 Å². The van der Waals surface area contributed by atoms with Crippen molar-refractivity contribution in [3.05, 3.63) is 32.6 Å². The maximum Gasteiger partial charge on any atom is 0.376 e. The monoisotopic (exact) mass is 407 g/mol. The van der Waals surface area contributed by atoms with Gasteiger partial charge in [-0.1, -0.05) is 0 Å². The molecule has 6 nitrogen and oxygen atoms in total. The Morgan fingerprint density at radius 2 is 1.93 bits per heavy atom. The van der Waals surface area contributed by atoms with E-state index in [2.05, 4.69) is 0 Å². The van der Waals surface area contributed by atoms with E-state index in [1.807, 2.05) is 16.3 Å². The smallest absolute Gasteiger partial charge is 0.376 e. The SMILES string of the molecule is CB(O)N1CCC2(CC1)CC(=O)c1sccc1O2.CC(=O)c1sccc1O. The van der Waals surface area contributed by atoms with E-state index in [-0.39, 0.29) is 22.9 Å². The van der Waals surface area contributed by atoms with Crippen LogP contribution in [0, 0.1) is 0 Å². The van der Waals surface area contributed by atoms with Gasteiger partial charge >= 0.3 is 7.05 Å². The van der Waals surface area contributed by atoms with Crippen LogP contribution in [0.25, 0.3) is 0 Å². The lowest BCUT2D eigenvalue weighted by Gasteiger charge is -2.43. The summed E-state index contributed by atoms with van der Waals surface area (Å²) >= 11 is 2.72. The summed E-state index contributed by atoms with van der Waals surface area (Å²) in [7, 11) is -0.418. The first-order valence-electron chi connectivity index (χ1n) is 8.80. The molecule has 0 amide bonds. The van der Waals surface area contributed by atoms with Crippen LogP contribution < -0.4 is 4.74 Å². The number of rotatable bonds is 2. The van der Waals surface area contributed by atoms with Crippen molar-refractivity contribution in [3.8, 4) is 11.5 Å². The molecule has 27 heavy (non-hydrogen) atoms. The molecule has 2 aliphatic heterocycles. The van der Waals surface area contributed by atoms with Crippen LogP contribution in [-0.4, -0.2) is 52.2 Å². The highest BCUT2D eigenvalue weighted by molar-refractivity contribution is 7.12. The summed E-state index contributed by atoms with van der Waals surface area (Å²) in [5.74, 6) is 0.966. The predicted octanol–water partition coefficient (Wildman–Crippen LogP) is 3.31. The molecule has 2 aromatic heterocycles. The van der Waals surface area contributed by atoms with E-state index < -0.39 is 7.05 Å². The van der Waals surface area contributed by atoms with Crippen LogP contribution >= 0.6 is 22.7 Å². The molecule has 0 radical (unpaired) electrons. The number of aromatic hydroxyl groups is 1. The van der Waals surface area contributed by atoms with E-state index in [9.17, 15) is 14.6 Å². The van der Waals surface area contributed by atoms with Gasteiger partial charge in [0.1, 0.15) is 26.9 Å². The van der Waals surface area contributed by atoms with Gasteiger partial charge in [-0.25, -0.2) is 0 Å². The van der Waals surface area contributed by atoms with Crippen molar-refractivity contribution >= 4 is 41.3 Å².